The molecule has 0 saturated carbocycles. The molecule has 0 fully saturated rings. The average molecular weight is 296 g/mol. The normalized spacial score (nSPS) is 16.5. The molecule has 0 aromatic heterocycles. The summed E-state index contributed by atoms with van der Waals surface area (Å²) in [7, 11) is 0. The lowest BCUT2D eigenvalue weighted by molar-refractivity contribution is 0.226. The molecular formula is C19H24N2O. The maximum atomic E-state index is 5.80. The fourth-order valence-corrected chi connectivity index (χ4v) is 2.72. The van der Waals surface area contributed by atoms with Crippen LogP contribution in [0.2, 0.25) is 0 Å². The fourth-order valence-electron chi connectivity index (χ4n) is 2.72. The van der Waals surface area contributed by atoms with Crippen LogP contribution in [0, 0.1) is 0 Å². The molecule has 2 N–H and O–H groups in total. The summed E-state index contributed by atoms with van der Waals surface area (Å²) in [6, 6.07) is 17.1. The Labute approximate surface area is 132 Å². The number of hydrogen-bond donors (Lipinski definition) is 2. The van der Waals surface area contributed by atoms with Crippen LogP contribution in [-0.4, -0.2) is 25.7 Å². The number of hydrogen-bond acceptors (Lipinski definition) is 3. The molecule has 116 valence electrons. The zero-order valence-corrected chi connectivity index (χ0v) is 13.1. The van der Waals surface area contributed by atoms with Gasteiger partial charge in [0.05, 0.1) is 12.2 Å². The minimum atomic E-state index is 0.248. The van der Waals surface area contributed by atoms with Crippen LogP contribution in [0.5, 0.6) is 5.75 Å². The van der Waals surface area contributed by atoms with Gasteiger partial charge in [0.2, 0.25) is 0 Å². The Morgan fingerprint density at radius 2 is 1.82 bits per heavy atom. The van der Waals surface area contributed by atoms with Gasteiger partial charge >= 0.3 is 0 Å². The van der Waals surface area contributed by atoms with Gasteiger partial charge in [-0.3, -0.25) is 0 Å². The molecule has 0 bridgehead atoms. The highest BCUT2D eigenvalue weighted by Crippen LogP contribution is 2.29. The van der Waals surface area contributed by atoms with Gasteiger partial charge in [0.15, 0.2) is 0 Å². The highest BCUT2D eigenvalue weighted by molar-refractivity contribution is 5.59. The van der Waals surface area contributed by atoms with Gasteiger partial charge in [0, 0.05) is 0 Å². The van der Waals surface area contributed by atoms with E-state index in [4.69, 9.17) is 4.74 Å². The third kappa shape index (κ3) is 4.01. The van der Waals surface area contributed by atoms with Crippen molar-refractivity contribution in [2.75, 3.05) is 25.0 Å². The molecule has 1 unspecified atom stereocenters. The SMILES string of the molecule is CC1CNc2cc(CCNCCc3ccccc3)ccc2O1. The molecule has 22 heavy (non-hydrogen) atoms. The summed E-state index contributed by atoms with van der Waals surface area (Å²) in [5, 5.41) is 6.95. The van der Waals surface area contributed by atoms with Crippen molar-refractivity contribution in [1.82, 2.24) is 5.32 Å². The van der Waals surface area contributed by atoms with Gasteiger partial charge in [0.25, 0.3) is 0 Å². The second kappa shape index (κ2) is 7.32. The zero-order valence-electron chi connectivity index (χ0n) is 13.1. The summed E-state index contributed by atoms with van der Waals surface area (Å²) in [5.74, 6) is 0.972. The first-order valence-corrected chi connectivity index (χ1v) is 8.09. The molecule has 1 aliphatic rings. The van der Waals surface area contributed by atoms with Crippen LogP contribution in [0.15, 0.2) is 48.5 Å². The van der Waals surface area contributed by atoms with E-state index in [0.717, 1.165) is 43.9 Å². The van der Waals surface area contributed by atoms with E-state index in [1.165, 1.54) is 11.1 Å². The number of rotatable bonds is 6. The predicted octanol–water partition coefficient (Wildman–Crippen LogP) is 3.25. The molecule has 2 aromatic rings. The lowest BCUT2D eigenvalue weighted by atomic mass is 10.1. The molecular weight excluding hydrogens is 272 g/mol. The van der Waals surface area contributed by atoms with E-state index in [1.54, 1.807) is 0 Å². The number of ether oxygens (including phenoxy) is 1. The molecule has 0 amide bonds. The second-order valence-electron chi connectivity index (χ2n) is 5.88. The van der Waals surface area contributed by atoms with Crippen molar-refractivity contribution >= 4 is 5.69 Å². The molecule has 3 nitrogen and oxygen atoms in total. The van der Waals surface area contributed by atoms with Gasteiger partial charge < -0.3 is 15.4 Å². The topological polar surface area (TPSA) is 33.3 Å². The van der Waals surface area contributed by atoms with Crippen LogP contribution in [0.1, 0.15) is 18.1 Å². The van der Waals surface area contributed by atoms with E-state index in [0.29, 0.717) is 0 Å². The maximum absolute atomic E-state index is 5.80. The second-order valence-corrected chi connectivity index (χ2v) is 5.88. The Morgan fingerprint density at radius 1 is 1.05 bits per heavy atom. The van der Waals surface area contributed by atoms with Crippen LogP contribution in [0.3, 0.4) is 0 Å². The number of benzene rings is 2. The average Bonchev–Trinajstić information content (AvgIpc) is 2.55. The Hall–Kier alpha value is -2.00. The van der Waals surface area contributed by atoms with E-state index in [2.05, 4.69) is 66.1 Å². The molecule has 3 heteroatoms. The lowest BCUT2D eigenvalue weighted by Gasteiger charge is -2.25. The van der Waals surface area contributed by atoms with Crippen LogP contribution >= 0.6 is 0 Å². The molecule has 1 heterocycles. The summed E-state index contributed by atoms with van der Waals surface area (Å²) < 4.78 is 5.80. The molecule has 2 aromatic carbocycles. The van der Waals surface area contributed by atoms with Gasteiger partial charge in [-0.05, 0) is 56.1 Å². The molecule has 1 atom stereocenters. The number of anilines is 1. The third-order valence-corrected chi connectivity index (χ3v) is 3.98. The maximum Gasteiger partial charge on any atom is 0.142 e. The van der Waals surface area contributed by atoms with E-state index < -0.39 is 0 Å². The Bertz CT molecular complexity index is 598. The smallest absolute Gasteiger partial charge is 0.142 e. The molecule has 0 radical (unpaired) electrons. The fraction of sp³-hybridized carbons (Fsp3) is 0.368. The highest BCUT2D eigenvalue weighted by Gasteiger charge is 2.15. The quantitative estimate of drug-likeness (QED) is 0.803. The third-order valence-electron chi connectivity index (χ3n) is 3.98. The van der Waals surface area contributed by atoms with Crippen molar-refractivity contribution in [2.45, 2.75) is 25.9 Å². The highest BCUT2D eigenvalue weighted by atomic mass is 16.5. The van der Waals surface area contributed by atoms with Crippen molar-refractivity contribution in [2.24, 2.45) is 0 Å². The van der Waals surface area contributed by atoms with Crippen molar-refractivity contribution < 1.29 is 4.74 Å². The Morgan fingerprint density at radius 3 is 2.64 bits per heavy atom. The van der Waals surface area contributed by atoms with Gasteiger partial charge in [-0.2, -0.15) is 0 Å². The van der Waals surface area contributed by atoms with E-state index in [-0.39, 0.29) is 6.10 Å². The van der Waals surface area contributed by atoms with Crippen molar-refractivity contribution in [1.29, 1.82) is 0 Å². The lowest BCUT2D eigenvalue weighted by Crippen LogP contribution is -2.27. The molecule has 1 aliphatic heterocycles. The summed E-state index contributed by atoms with van der Waals surface area (Å²) in [4.78, 5) is 0. The number of fused-ring (bicyclic) bond motifs is 1. The standard InChI is InChI=1S/C19H24N2O/c1-15-14-21-18-13-17(7-8-19(18)22-15)10-12-20-11-9-16-5-3-2-4-6-16/h2-8,13,15,20-21H,9-12,14H2,1H3. The minimum Gasteiger partial charge on any atom is -0.487 e. The first-order valence-electron chi connectivity index (χ1n) is 8.09. The Balaban J connectivity index is 1.42. The Kier molecular flexibility index (Phi) is 4.96. The van der Waals surface area contributed by atoms with Gasteiger partial charge in [-0.15, -0.1) is 0 Å². The van der Waals surface area contributed by atoms with Gasteiger partial charge in [-0.1, -0.05) is 36.4 Å². The predicted molar refractivity (Wildman–Crippen MR) is 91.7 cm³/mol. The first kappa shape index (κ1) is 14.9. The van der Waals surface area contributed by atoms with E-state index >= 15 is 0 Å². The van der Waals surface area contributed by atoms with Gasteiger partial charge in [0.1, 0.15) is 11.9 Å². The van der Waals surface area contributed by atoms with Gasteiger partial charge in [-0.25, -0.2) is 0 Å². The minimum absolute atomic E-state index is 0.248. The van der Waals surface area contributed by atoms with E-state index in [1.807, 2.05) is 0 Å². The summed E-state index contributed by atoms with van der Waals surface area (Å²) >= 11 is 0. The van der Waals surface area contributed by atoms with Crippen molar-refractivity contribution in [3.63, 3.8) is 0 Å². The first-order chi connectivity index (χ1) is 10.8. The molecule has 0 spiro atoms. The summed E-state index contributed by atoms with van der Waals surface area (Å²) in [5.41, 5.74) is 3.86. The largest absolute Gasteiger partial charge is 0.487 e. The summed E-state index contributed by atoms with van der Waals surface area (Å²) in [6.07, 6.45) is 2.37. The molecule has 0 aliphatic carbocycles. The van der Waals surface area contributed by atoms with Crippen LogP contribution in [-0.2, 0) is 12.8 Å². The zero-order chi connectivity index (χ0) is 15.2. The summed E-state index contributed by atoms with van der Waals surface area (Å²) in [6.45, 7) is 4.99. The molecule has 3 rings (SSSR count). The van der Waals surface area contributed by atoms with Crippen molar-refractivity contribution in [3.05, 3.63) is 59.7 Å². The van der Waals surface area contributed by atoms with Crippen LogP contribution in [0.4, 0.5) is 5.69 Å². The van der Waals surface area contributed by atoms with Crippen LogP contribution in [0.25, 0.3) is 0 Å². The number of nitrogens with one attached hydrogen (secondary N) is 2. The monoisotopic (exact) mass is 296 g/mol. The van der Waals surface area contributed by atoms with E-state index in [9.17, 15) is 0 Å². The van der Waals surface area contributed by atoms with Crippen molar-refractivity contribution in [3.8, 4) is 5.75 Å². The van der Waals surface area contributed by atoms with Crippen LogP contribution < -0.4 is 15.4 Å². The molecule has 0 saturated heterocycles.